The van der Waals surface area contributed by atoms with Crippen LogP contribution in [0.25, 0.3) is 11.1 Å². The monoisotopic (exact) mass is 505 g/mol. The minimum absolute atomic E-state index is 0.0961. The van der Waals surface area contributed by atoms with Crippen molar-refractivity contribution in [3.8, 4) is 16.9 Å². The van der Waals surface area contributed by atoms with Crippen molar-refractivity contribution in [2.75, 3.05) is 5.32 Å². The van der Waals surface area contributed by atoms with E-state index in [-0.39, 0.29) is 27.9 Å². The van der Waals surface area contributed by atoms with E-state index < -0.39 is 48.6 Å². The second-order valence-corrected chi connectivity index (χ2v) is 9.18. The Labute approximate surface area is 189 Å². The van der Waals surface area contributed by atoms with E-state index in [0.717, 1.165) is 24.3 Å². The second kappa shape index (κ2) is 8.64. The van der Waals surface area contributed by atoms with Crippen LogP contribution in [0.5, 0.6) is 5.75 Å². The molecule has 1 amide bonds. The molecule has 33 heavy (non-hydrogen) atoms. The molecule has 0 fully saturated rings. The quantitative estimate of drug-likeness (QED) is 0.436. The molecule has 0 heterocycles. The Hall–Kier alpha value is -3.18. The number of nitrogens with one attached hydrogen (secondary N) is 1. The number of sulfone groups is 1. The number of phenols is 1. The first-order chi connectivity index (χ1) is 15.2. The van der Waals surface area contributed by atoms with Gasteiger partial charge >= 0.3 is 5.51 Å². The van der Waals surface area contributed by atoms with E-state index in [1.165, 1.54) is 13.0 Å². The SMILES string of the molecule is Cc1c(-c2cc(F)cc(F)c2)ccc(O)c1C(=O)Nc1ccc(S(=O)(=O)C(F)(F)F)cc1Cl. The van der Waals surface area contributed by atoms with Crippen molar-refractivity contribution in [1.29, 1.82) is 0 Å². The molecule has 3 aromatic rings. The summed E-state index contributed by atoms with van der Waals surface area (Å²) in [5.74, 6) is -3.15. The highest BCUT2D eigenvalue weighted by atomic mass is 35.5. The largest absolute Gasteiger partial charge is 0.507 e. The van der Waals surface area contributed by atoms with E-state index in [9.17, 15) is 40.3 Å². The summed E-state index contributed by atoms with van der Waals surface area (Å²) in [5.41, 5.74) is -5.59. The summed E-state index contributed by atoms with van der Waals surface area (Å²) in [7, 11) is -5.65. The summed E-state index contributed by atoms with van der Waals surface area (Å²) in [5, 5.41) is 12.0. The molecule has 3 aromatic carbocycles. The lowest BCUT2D eigenvalue weighted by molar-refractivity contribution is -0.0436. The van der Waals surface area contributed by atoms with Crippen LogP contribution in [0.2, 0.25) is 5.02 Å². The van der Waals surface area contributed by atoms with E-state index in [1.54, 1.807) is 0 Å². The number of alkyl halides is 3. The highest BCUT2D eigenvalue weighted by Crippen LogP contribution is 2.35. The summed E-state index contributed by atoms with van der Waals surface area (Å²) >= 11 is 5.87. The smallest absolute Gasteiger partial charge is 0.501 e. The maximum Gasteiger partial charge on any atom is 0.501 e. The van der Waals surface area contributed by atoms with Gasteiger partial charge in [-0.05, 0) is 60.0 Å². The summed E-state index contributed by atoms with van der Waals surface area (Å²) in [6, 6.07) is 7.19. The summed E-state index contributed by atoms with van der Waals surface area (Å²) in [6.07, 6.45) is 0. The van der Waals surface area contributed by atoms with Crippen molar-refractivity contribution in [3.05, 3.63) is 76.3 Å². The van der Waals surface area contributed by atoms with Crippen LogP contribution < -0.4 is 5.32 Å². The molecule has 0 saturated heterocycles. The summed E-state index contributed by atoms with van der Waals surface area (Å²) < 4.78 is 88.4. The van der Waals surface area contributed by atoms with Gasteiger partial charge in [-0.15, -0.1) is 0 Å². The van der Waals surface area contributed by atoms with Crippen LogP contribution in [0.4, 0.5) is 27.6 Å². The topological polar surface area (TPSA) is 83.5 Å². The van der Waals surface area contributed by atoms with Crippen molar-refractivity contribution < 1.29 is 40.3 Å². The number of amides is 1. The van der Waals surface area contributed by atoms with Gasteiger partial charge in [-0.3, -0.25) is 4.79 Å². The molecule has 2 N–H and O–H groups in total. The van der Waals surface area contributed by atoms with Gasteiger partial charge in [0.05, 0.1) is 21.2 Å². The van der Waals surface area contributed by atoms with Gasteiger partial charge in [0.15, 0.2) is 0 Å². The van der Waals surface area contributed by atoms with Crippen molar-refractivity contribution in [2.24, 2.45) is 0 Å². The number of phenolic OH excluding ortho intramolecular Hbond substituents is 1. The first-order valence-electron chi connectivity index (χ1n) is 8.93. The van der Waals surface area contributed by atoms with Gasteiger partial charge < -0.3 is 10.4 Å². The predicted octanol–water partition coefficient (Wildman–Crippen LogP) is 5.85. The van der Waals surface area contributed by atoms with Crippen molar-refractivity contribution in [3.63, 3.8) is 0 Å². The van der Waals surface area contributed by atoms with Crippen LogP contribution in [-0.2, 0) is 9.84 Å². The Balaban J connectivity index is 1.99. The Bertz CT molecular complexity index is 1350. The maximum atomic E-state index is 13.6. The number of aromatic hydroxyl groups is 1. The average Bonchev–Trinajstić information content (AvgIpc) is 2.67. The molecular weight excluding hydrogens is 493 g/mol. The van der Waals surface area contributed by atoms with Crippen LogP contribution >= 0.6 is 11.6 Å². The highest BCUT2D eigenvalue weighted by molar-refractivity contribution is 7.92. The molecule has 174 valence electrons. The van der Waals surface area contributed by atoms with Crippen LogP contribution in [0.15, 0.2) is 53.4 Å². The number of anilines is 1. The van der Waals surface area contributed by atoms with Gasteiger partial charge in [0.1, 0.15) is 17.4 Å². The van der Waals surface area contributed by atoms with Crippen molar-refractivity contribution in [1.82, 2.24) is 0 Å². The first kappa shape index (κ1) is 24.5. The van der Waals surface area contributed by atoms with Crippen LogP contribution in [0.3, 0.4) is 0 Å². The molecule has 0 aliphatic heterocycles. The lowest BCUT2D eigenvalue weighted by Gasteiger charge is -2.15. The highest BCUT2D eigenvalue weighted by Gasteiger charge is 2.47. The van der Waals surface area contributed by atoms with Crippen LogP contribution in [-0.4, -0.2) is 24.9 Å². The molecule has 0 radical (unpaired) electrons. The lowest BCUT2D eigenvalue weighted by atomic mass is 9.95. The molecule has 0 unspecified atom stereocenters. The summed E-state index contributed by atoms with van der Waals surface area (Å²) in [4.78, 5) is 11.7. The molecule has 0 spiro atoms. The minimum atomic E-state index is -5.65. The third-order valence-electron chi connectivity index (χ3n) is 4.65. The molecule has 0 bridgehead atoms. The van der Waals surface area contributed by atoms with E-state index in [0.29, 0.717) is 18.2 Å². The summed E-state index contributed by atoms with van der Waals surface area (Å²) in [6.45, 7) is 1.41. The first-order valence-corrected chi connectivity index (χ1v) is 10.8. The number of hydrogen-bond acceptors (Lipinski definition) is 4. The van der Waals surface area contributed by atoms with Gasteiger partial charge in [0.2, 0.25) is 0 Å². The normalized spacial score (nSPS) is 12.0. The van der Waals surface area contributed by atoms with E-state index in [4.69, 9.17) is 11.6 Å². The zero-order chi connectivity index (χ0) is 24.7. The second-order valence-electron chi connectivity index (χ2n) is 6.84. The van der Waals surface area contributed by atoms with Gasteiger partial charge in [0, 0.05) is 6.07 Å². The molecule has 12 heteroatoms. The fourth-order valence-electron chi connectivity index (χ4n) is 3.09. The zero-order valence-corrected chi connectivity index (χ0v) is 18.0. The lowest BCUT2D eigenvalue weighted by Crippen LogP contribution is -2.23. The number of carbonyl (C=O) groups excluding carboxylic acids is 1. The van der Waals surface area contributed by atoms with E-state index >= 15 is 0 Å². The van der Waals surface area contributed by atoms with Gasteiger partial charge in [-0.25, -0.2) is 17.2 Å². The Morgan fingerprint density at radius 3 is 2.15 bits per heavy atom. The number of rotatable bonds is 4. The molecule has 0 aromatic heterocycles. The number of halogens is 6. The van der Waals surface area contributed by atoms with E-state index in [2.05, 4.69) is 5.32 Å². The molecule has 0 saturated carbocycles. The predicted molar refractivity (Wildman–Crippen MR) is 111 cm³/mol. The molecule has 0 aliphatic carbocycles. The average molecular weight is 506 g/mol. The zero-order valence-electron chi connectivity index (χ0n) is 16.5. The fraction of sp³-hybridized carbons (Fsp3) is 0.0952. The minimum Gasteiger partial charge on any atom is -0.507 e. The maximum absolute atomic E-state index is 13.6. The number of hydrogen-bond donors (Lipinski definition) is 2. The van der Waals surface area contributed by atoms with Crippen molar-refractivity contribution in [2.45, 2.75) is 17.3 Å². The molecule has 0 aliphatic rings. The molecular formula is C21H13ClF5NO4S. The van der Waals surface area contributed by atoms with Gasteiger partial charge in [0.25, 0.3) is 15.7 Å². The van der Waals surface area contributed by atoms with Crippen LogP contribution in [0, 0.1) is 18.6 Å². The Morgan fingerprint density at radius 2 is 1.61 bits per heavy atom. The van der Waals surface area contributed by atoms with Crippen LogP contribution in [0.1, 0.15) is 15.9 Å². The Morgan fingerprint density at radius 1 is 1.00 bits per heavy atom. The molecule has 3 rings (SSSR count). The Kier molecular flexibility index (Phi) is 6.40. The third kappa shape index (κ3) is 4.79. The van der Waals surface area contributed by atoms with E-state index in [1.807, 2.05) is 0 Å². The number of benzene rings is 3. The third-order valence-corrected chi connectivity index (χ3v) is 6.44. The number of carbonyl (C=O) groups is 1. The molecule has 5 nitrogen and oxygen atoms in total. The standard InChI is InChI=1S/C21H13ClF5NO4S/c1-10-15(11-6-12(23)8-13(24)7-11)3-5-18(29)19(10)20(30)28-17-4-2-14(9-16(17)22)33(31,32)21(25,26)27/h2-9,29H,1H3,(H,28,30). The fourth-order valence-corrected chi connectivity index (χ4v) is 4.17. The van der Waals surface area contributed by atoms with Gasteiger partial charge in [-0.2, -0.15) is 13.2 Å². The molecule has 0 atom stereocenters. The van der Waals surface area contributed by atoms with Crippen molar-refractivity contribution >= 4 is 33.0 Å². The van der Waals surface area contributed by atoms with Gasteiger partial charge in [-0.1, -0.05) is 17.7 Å².